The van der Waals surface area contributed by atoms with Crippen LogP contribution in [-0.2, 0) is 11.3 Å². The number of hydrogen-bond acceptors (Lipinski definition) is 3. The Morgan fingerprint density at radius 3 is 2.82 bits per heavy atom. The number of H-pyrrole nitrogens is 1. The molecule has 0 saturated carbocycles. The van der Waals surface area contributed by atoms with Crippen LogP contribution in [0.3, 0.4) is 0 Å². The molecule has 1 N–H and O–H groups in total. The Kier molecular flexibility index (Phi) is 5.10. The highest BCUT2D eigenvalue weighted by Crippen LogP contribution is 2.20. The van der Waals surface area contributed by atoms with Gasteiger partial charge in [-0.05, 0) is 30.2 Å². The van der Waals surface area contributed by atoms with Gasteiger partial charge in [-0.25, -0.2) is 4.98 Å². The van der Waals surface area contributed by atoms with Crippen molar-refractivity contribution in [3.05, 3.63) is 66.0 Å². The van der Waals surface area contributed by atoms with Gasteiger partial charge in [0.05, 0.1) is 17.4 Å². The van der Waals surface area contributed by atoms with Crippen molar-refractivity contribution in [3.63, 3.8) is 0 Å². The second kappa shape index (κ2) is 7.84. The summed E-state index contributed by atoms with van der Waals surface area (Å²) in [5.74, 6) is 0.0688. The zero-order valence-corrected chi connectivity index (χ0v) is 16.0. The van der Waals surface area contributed by atoms with Gasteiger partial charge in [0.2, 0.25) is 5.91 Å². The van der Waals surface area contributed by atoms with E-state index in [1.807, 2.05) is 52.3 Å². The Hall–Kier alpha value is -3.15. The van der Waals surface area contributed by atoms with Gasteiger partial charge in [-0.15, -0.1) is 0 Å². The third-order valence-corrected chi connectivity index (χ3v) is 5.41. The van der Waals surface area contributed by atoms with Crippen LogP contribution in [0.25, 0.3) is 11.0 Å². The molecule has 0 aliphatic carbocycles. The fraction of sp³-hybridized carbons (Fsp3) is 0.318. The fourth-order valence-corrected chi connectivity index (χ4v) is 3.80. The Labute approximate surface area is 164 Å². The summed E-state index contributed by atoms with van der Waals surface area (Å²) in [5, 5.41) is 0. The number of imidazole rings is 1. The van der Waals surface area contributed by atoms with Crippen molar-refractivity contribution in [1.29, 1.82) is 0 Å². The Morgan fingerprint density at radius 1 is 1.21 bits per heavy atom. The third-order valence-electron chi connectivity index (χ3n) is 5.41. The summed E-state index contributed by atoms with van der Waals surface area (Å²) in [5.41, 5.74) is 3.41. The van der Waals surface area contributed by atoms with E-state index >= 15 is 0 Å². The number of aromatic nitrogens is 2. The summed E-state index contributed by atoms with van der Waals surface area (Å²) >= 11 is 0. The van der Waals surface area contributed by atoms with Crippen molar-refractivity contribution in [2.75, 3.05) is 13.1 Å². The minimum Gasteiger partial charge on any atom is -0.345 e. The van der Waals surface area contributed by atoms with Gasteiger partial charge in [0.25, 0.3) is 5.91 Å². The second-order valence-electron chi connectivity index (χ2n) is 7.20. The highest BCUT2D eigenvalue weighted by atomic mass is 16.2. The molecule has 2 aromatic carbocycles. The smallest absolute Gasteiger partial charge is 0.254 e. The number of nitrogens with one attached hydrogen (secondary N) is 1. The summed E-state index contributed by atoms with van der Waals surface area (Å²) < 4.78 is 0. The summed E-state index contributed by atoms with van der Waals surface area (Å²) in [6.07, 6.45) is 2.78. The molecule has 0 spiro atoms. The first kappa shape index (κ1) is 18.2. The van der Waals surface area contributed by atoms with E-state index in [0.717, 1.165) is 23.0 Å². The lowest BCUT2D eigenvalue weighted by molar-refractivity contribution is -0.133. The van der Waals surface area contributed by atoms with Crippen molar-refractivity contribution in [2.45, 2.75) is 32.4 Å². The molecule has 1 aliphatic rings. The number of benzene rings is 2. The van der Waals surface area contributed by atoms with E-state index in [1.165, 1.54) is 0 Å². The van der Waals surface area contributed by atoms with Gasteiger partial charge in [0.1, 0.15) is 0 Å². The molecule has 1 aliphatic heterocycles. The number of aromatic amines is 1. The first-order valence-corrected chi connectivity index (χ1v) is 9.71. The maximum atomic E-state index is 13.1. The second-order valence-corrected chi connectivity index (χ2v) is 7.20. The number of carbonyl (C=O) groups excluding carboxylic acids is 2. The molecule has 0 radical (unpaired) electrons. The van der Waals surface area contributed by atoms with Gasteiger partial charge < -0.3 is 14.8 Å². The van der Waals surface area contributed by atoms with Crippen LogP contribution in [0.5, 0.6) is 0 Å². The van der Waals surface area contributed by atoms with Gasteiger partial charge in [-0.1, -0.05) is 37.3 Å². The number of fused-ring (bicyclic) bond motifs is 1. The van der Waals surface area contributed by atoms with Gasteiger partial charge >= 0.3 is 0 Å². The molecule has 0 unspecified atom stereocenters. The number of rotatable bonds is 4. The number of carbonyl (C=O) groups is 2. The molecular weight excluding hydrogens is 352 g/mol. The molecule has 6 heteroatoms. The first-order chi connectivity index (χ1) is 13.7. The van der Waals surface area contributed by atoms with Gasteiger partial charge in [0, 0.05) is 37.7 Å². The lowest BCUT2D eigenvalue weighted by Crippen LogP contribution is -2.43. The monoisotopic (exact) mass is 376 g/mol. The van der Waals surface area contributed by atoms with Crippen molar-refractivity contribution in [2.24, 2.45) is 0 Å². The van der Waals surface area contributed by atoms with Gasteiger partial charge in [-0.3, -0.25) is 9.59 Å². The molecule has 3 aromatic rings. The van der Waals surface area contributed by atoms with E-state index in [9.17, 15) is 9.59 Å². The maximum Gasteiger partial charge on any atom is 0.254 e. The van der Waals surface area contributed by atoms with E-state index in [-0.39, 0.29) is 17.9 Å². The number of hydrogen-bond donors (Lipinski definition) is 1. The predicted molar refractivity (Wildman–Crippen MR) is 108 cm³/mol. The summed E-state index contributed by atoms with van der Waals surface area (Å²) in [7, 11) is 0. The highest BCUT2D eigenvalue weighted by Gasteiger charge is 2.31. The number of nitrogens with zero attached hydrogens (tertiary/aromatic N) is 3. The zero-order chi connectivity index (χ0) is 19.5. The van der Waals surface area contributed by atoms with Crippen molar-refractivity contribution in [1.82, 2.24) is 19.8 Å². The van der Waals surface area contributed by atoms with E-state index in [2.05, 4.69) is 16.9 Å². The van der Waals surface area contributed by atoms with Crippen LogP contribution in [-0.4, -0.2) is 50.7 Å². The molecule has 4 rings (SSSR count). The Morgan fingerprint density at radius 2 is 2.04 bits per heavy atom. The summed E-state index contributed by atoms with van der Waals surface area (Å²) in [4.78, 5) is 36.9. The summed E-state index contributed by atoms with van der Waals surface area (Å²) in [6.45, 7) is 3.65. The van der Waals surface area contributed by atoms with Crippen LogP contribution in [0, 0.1) is 0 Å². The number of amides is 2. The molecule has 6 nitrogen and oxygen atoms in total. The van der Waals surface area contributed by atoms with Crippen LogP contribution < -0.4 is 0 Å². The van der Waals surface area contributed by atoms with Crippen LogP contribution in [0.4, 0.5) is 0 Å². The molecule has 1 saturated heterocycles. The Balaban J connectivity index is 1.54. The van der Waals surface area contributed by atoms with E-state index in [1.54, 1.807) is 12.4 Å². The molecule has 28 heavy (non-hydrogen) atoms. The van der Waals surface area contributed by atoms with Crippen molar-refractivity contribution >= 4 is 22.8 Å². The quantitative estimate of drug-likeness (QED) is 0.760. The van der Waals surface area contributed by atoms with Gasteiger partial charge in [-0.2, -0.15) is 0 Å². The molecule has 2 heterocycles. The van der Waals surface area contributed by atoms with Crippen molar-refractivity contribution < 1.29 is 9.59 Å². The maximum absolute atomic E-state index is 13.1. The zero-order valence-electron chi connectivity index (χ0n) is 16.0. The first-order valence-electron chi connectivity index (χ1n) is 9.71. The molecule has 1 aromatic heterocycles. The average molecular weight is 376 g/mol. The van der Waals surface area contributed by atoms with Crippen LogP contribution in [0.1, 0.15) is 35.7 Å². The third kappa shape index (κ3) is 3.63. The highest BCUT2D eigenvalue weighted by molar-refractivity contribution is 5.97. The topological polar surface area (TPSA) is 69.3 Å². The standard InChI is InChI=1S/C22H24N4O2/c1-2-18-14-25(22(28)17-8-9-19-20(12-17)24-15-23-19)11-10-21(27)26(18)13-16-6-4-3-5-7-16/h3-9,12,15,18H,2,10-11,13-14H2,1H3,(H,23,24)/t18-/m0/s1. The summed E-state index contributed by atoms with van der Waals surface area (Å²) in [6, 6.07) is 15.5. The molecule has 1 fully saturated rings. The van der Waals surface area contributed by atoms with Crippen LogP contribution in [0.15, 0.2) is 54.9 Å². The normalized spacial score (nSPS) is 17.8. The van der Waals surface area contributed by atoms with Crippen molar-refractivity contribution in [3.8, 4) is 0 Å². The Bertz CT molecular complexity index is 982. The van der Waals surface area contributed by atoms with E-state index < -0.39 is 0 Å². The van der Waals surface area contributed by atoms with Gasteiger partial charge in [0.15, 0.2) is 0 Å². The predicted octanol–water partition coefficient (Wildman–Crippen LogP) is 3.22. The molecule has 144 valence electrons. The SMILES string of the molecule is CC[C@H]1CN(C(=O)c2ccc3nc[nH]c3c2)CCC(=O)N1Cc1ccccc1. The van der Waals surface area contributed by atoms with Crippen LogP contribution in [0.2, 0.25) is 0 Å². The lowest BCUT2D eigenvalue weighted by atomic mass is 10.1. The molecular formula is C22H24N4O2. The molecule has 0 bridgehead atoms. The lowest BCUT2D eigenvalue weighted by Gasteiger charge is -2.31. The molecule has 1 atom stereocenters. The molecule has 2 amide bonds. The van der Waals surface area contributed by atoms with E-state index in [0.29, 0.717) is 31.6 Å². The average Bonchev–Trinajstić information content (AvgIpc) is 3.14. The fourth-order valence-electron chi connectivity index (χ4n) is 3.80. The largest absolute Gasteiger partial charge is 0.345 e. The minimum absolute atomic E-state index is 0.00930. The van der Waals surface area contributed by atoms with Crippen LogP contribution >= 0.6 is 0 Å². The minimum atomic E-state index is -0.0377. The van der Waals surface area contributed by atoms with E-state index in [4.69, 9.17) is 0 Å².